The van der Waals surface area contributed by atoms with E-state index in [-0.39, 0.29) is 17.9 Å². The van der Waals surface area contributed by atoms with Crippen molar-refractivity contribution in [2.75, 3.05) is 6.54 Å². The van der Waals surface area contributed by atoms with E-state index in [9.17, 15) is 21.6 Å². The van der Waals surface area contributed by atoms with Gasteiger partial charge in [-0.15, -0.1) is 4.83 Å². The fourth-order valence-electron chi connectivity index (χ4n) is 2.02. The van der Waals surface area contributed by atoms with E-state index in [0.29, 0.717) is 6.42 Å². The molecule has 0 unspecified atom stereocenters. The average molecular weight is 294 g/mol. The number of hydrogen-bond donors (Lipinski definition) is 1. The van der Waals surface area contributed by atoms with E-state index < -0.39 is 22.2 Å². The van der Waals surface area contributed by atoms with E-state index >= 15 is 0 Å². The second kappa shape index (κ2) is 5.10. The predicted molar refractivity (Wildman–Crippen MR) is 62.5 cm³/mol. The molecular weight excluding hydrogens is 281 g/mol. The molecule has 0 aliphatic carbocycles. The van der Waals surface area contributed by atoms with Crippen LogP contribution < -0.4 is 4.83 Å². The highest BCUT2D eigenvalue weighted by atomic mass is 32.2. The third kappa shape index (κ3) is 3.26. The van der Waals surface area contributed by atoms with Gasteiger partial charge in [0.2, 0.25) is 0 Å². The lowest BCUT2D eigenvalue weighted by atomic mass is 10.2. The molecule has 1 aromatic carbocycles. The monoisotopic (exact) mass is 294 g/mol. The molecule has 0 aromatic heterocycles. The number of benzene rings is 1. The summed E-state index contributed by atoms with van der Waals surface area (Å²) >= 11 is 0. The smallest absolute Gasteiger partial charge is 0.218 e. The van der Waals surface area contributed by atoms with Crippen LogP contribution >= 0.6 is 0 Å². The highest BCUT2D eigenvalue weighted by Crippen LogP contribution is 2.31. The molecule has 1 N–H and O–H groups in total. The van der Waals surface area contributed by atoms with Gasteiger partial charge in [0.05, 0.1) is 4.90 Å². The van der Waals surface area contributed by atoms with Crippen molar-refractivity contribution in [2.24, 2.45) is 0 Å². The zero-order valence-electron chi connectivity index (χ0n) is 9.89. The molecule has 0 saturated carbocycles. The van der Waals surface area contributed by atoms with Gasteiger partial charge in [-0.25, -0.2) is 13.4 Å². The van der Waals surface area contributed by atoms with Crippen LogP contribution in [0.3, 0.4) is 0 Å². The van der Waals surface area contributed by atoms with Crippen molar-refractivity contribution in [1.82, 2.24) is 9.84 Å². The van der Waals surface area contributed by atoms with Crippen LogP contribution in [0.25, 0.3) is 0 Å². The van der Waals surface area contributed by atoms with E-state index in [1.54, 1.807) is 6.07 Å². The third-order valence-corrected chi connectivity index (χ3v) is 4.29. The van der Waals surface area contributed by atoms with Gasteiger partial charge in [-0.05, 0) is 25.0 Å². The highest BCUT2D eigenvalue weighted by Gasteiger charge is 2.47. The first-order valence-electron chi connectivity index (χ1n) is 5.71. The summed E-state index contributed by atoms with van der Waals surface area (Å²) in [5.41, 5.74) is 0. The summed E-state index contributed by atoms with van der Waals surface area (Å²) in [4.78, 5) is 1.96. The van der Waals surface area contributed by atoms with Crippen LogP contribution in [-0.2, 0) is 10.0 Å². The van der Waals surface area contributed by atoms with E-state index in [0.717, 1.165) is 5.01 Å². The Morgan fingerprint density at radius 3 is 2.42 bits per heavy atom. The molecule has 1 aliphatic heterocycles. The van der Waals surface area contributed by atoms with Gasteiger partial charge in [0.15, 0.2) is 0 Å². The van der Waals surface area contributed by atoms with Crippen molar-refractivity contribution in [3.63, 3.8) is 0 Å². The van der Waals surface area contributed by atoms with E-state index in [1.165, 1.54) is 24.3 Å². The number of rotatable bonds is 3. The minimum absolute atomic E-state index is 0.0518. The number of nitrogens with one attached hydrogen (secondary N) is 1. The van der Waals surface area contributed by atoms with Crippen molar-refractivity contribution >= 4 is 10.0 Å². The number of alkyl halides is 3. The number of sulfonamides is 1. The molecule has 4 nitrogen and oxygen atoms in total. The fourth-order valence-corrected chi connectivity index (χ4v) is 3.17. The van der Waals surface area contributed by atoms with Crippen molar-refractivity contribution in [3.05, 3.63) is 30.3 Å². The molecule has 0 amide bonds. The quantitative estimate of drug-likeness (QED) is 0.926. The van der Waals surface area contributed by atoms with Crippen molar-refractivity contribution < 1.29 is 21.6 Å². The summed E-state index contributed by atoms with van der Waals surface area (Å²) in [6.07, 6.45) is -4.22. The van der Waals surface area contributed by atoms with Gasteiger partial charge in [-0.3, -0.25) is 0 Å². The van der Waals surface area contributed by atoms with Gasteiger partial charge in [0, 0.05) is 6.54 Å². The number of halogens is 3. The largest absolute Gasteiger partial charge is 0.405 e. The Hall–Kier alpha value is -1.12. The van der Waals surface area contributed by atoms with Crippen LogP contribution in [0.5, 0.6) is 0 Å². The van der Waals surface area contributed by atoms with Crippen molar-refractivity contribution in [3.8, 4) is 0 Å². The maximum Gasteiger partial charge on any atom is 0.405 e. The minimum atomic E-state index is -4.43. The van der Waals surface area contributed by atoms with Crippen molar-refractivity contribution in [1.29, 1.82) is 0 Å². The molecular formula is C11H13F3N2O2S. The van der Waals surface area contributed by atoms with Crippen LogP contribution in [0.1, 0.15) is 12.8 Å². The van der Waals surface area contributed by atoms with Crippen molar-refractivity contribution in [2.45, 2.75) is 30.0 Å². The lowest BCUT2D eigenvalue weighted by molar-refractivity contribution is -0.179. The molecule has 1 atom stereocenters. The van der Waals surface area contributed by atoms with Gasteiger partial charge >= 0.3 is 6.18 Å². The maximum atomic E-state index is 12.7. The maximum absolute atomic E-state index is 12.7. The molecule has 0 bridgehead atoms. The zero-order chi connectivity index (χ0) is 14.1. The fraction of sp³-hybridized carbons (Fsp3) is 0.455. The van der Waals surface area contributed by atoms with E-state index in [2.05, 4.69) is 0 Å². The van der Waals surface area contributed by atoms with Crippen LogP contribution in [-0.4, -0.2) is 32.2 Å². The first kappa shape index (κ1) is 14.3. The predicted octanol–water partition coefficient (Wildman–Crippen LogP) is 1.91. The van der Waals surface area contributed by atoms with Gasteiger partial charge < -0.3 is 0 Å². The summed E-state index contributed by atoms with van der Waals surface area (Å²) in [6, 6.07) is 5.57. The Kier molecular flexibility index (Phi) is 3.84. The summed E-state index contributed by atoms with van der Waals surface area (Å²) in [5, 5.41) is 0.752. The molecule has 8 heteroatoms. The second-order valence-electron chi connectivity index (χ2n) is 4.30. The highest BCUT2D eigenvalue weighted by molar-refractivity contribution is 7.89. The topological polar surface area (TPSA) is 49.4 Å². The summed E-state index contributed by atoms with van der Waals surface area (Å²) in [5.74, 6) is 0. The molecule has 1 aromatic rings. The molecule has 1 heterocycles. The molecule has 1 aliphatic rings. The van der Waals surface area contributed by atoms with E-state index in [4.69, 9.17) is 0 Å². The molecule has 1 saturated heterocycles. The zero-order valence-corrected chi connectivity index (χ0v) is 10.7. The summed E-state index contributed by atoms with van der Waals surface area (Å²) in [6.45, 7) is 0.0518. The number of hydrogen-bond acceptors (Lipinski definition) is 3. The SMILES string of the molecule is O=S(=O)(NN1CCC[C@@H]1C(F)(F)F)c1ccccc1. The van der Waals surface area contributed by atoms with Crippen LogP contribution in [0.15, 0.2) is 35.2 Å². The Balaban J connectivity index is 2.17. The van der Waals surface area contributed by atoms with Crippen LogP contribution in [0.4, 0.5) is 13.2 Å². The number of nitrogens with zero attached hydrogens (tertiary/aromatic N) is 1. The second-order valence-corrected chi connectivity index (χ2v) is 5.96. The standard InChI is InChI=1S/C11H13F3N2O2S/c12-11(13,14)10-7-4-8-16(10)15-19(17,18)9-5-2-1-3-6-9/h1-3,5-6,10,15H,4,7-8H2/t10-/m1/s1. The molecule has 0 spiro atoms. The van der Waals surface area contributed by atoms with Gasteiger partial charge in [0.25, 0.3) is 10.0 Å². The van der Waals surface area contributed by atoms with Crippen LogP contribution in [0.2, 0.25) is 0 Å². The Bertz CT molecular complexity index is 531. The molecule has 106 valence electrons. The lowest BCUT2D eigenvalue weighted by Crippen LogP contribution is -2.50. The Labute approximate surface area is 109 Å². The molecule has 1 fully saturated rings. The molecule has 0 radical (unpaired) electrons. The lowest BCUT2D eigenvalue weighted by Gasteiger charge is -2.26. The first-order chi connectivity index (χ1) is 8.81. The summed E-state index contributed by atoms with van der Waals surface area (Å²) in [7, 11) is -3.96. The van der Waals surface area contributed by atoms with Crippen LogP contribution in [0, 0.1) is 0 Å². The van der Waals surface area contributed by atoms with E-state index in [1.807, 2.05) is 4.83 Å². The number of hydrazine groups is 1. The molecule has 19 heavy (non-hydrogen) atoms. The van der Waals surface area contributed by atoms with Gasteiger partial charge in [-0.2, -0.15) is 13.2 Å². The Morgan fingerprint density at radius 1 is 1.21 bits per heavy atom. The first-order valence-corrected chi connectivity index (χ1v) is 7.20. The normalized spacial score (nSPS) is 21.7. The molecule has 2 rings (SSSR count). The third-order valence-electron chi connectivity index (χ3n) is 2.92. The van der Waals surface area contributed by atoms with Gasteiger partial charge in [0.1, 0.15) is 6.04 Å². The van der Waals surface area contributed by atoms with Gasteiger partial charge in [-0.1, -0.05) is 18.2 Å². The minimum Gasteiger partial charge on any atom is -0.218 e. The Morgan fingerprint density at radius 2 is 1.84 bits per heavy atom. The summed E-state index contributed by atoms with van der Waals surface area (Å²) < 4.78 is 62.0. The average Bonchev–Trinajstić information content (AvgIpc) is 2.77.